The highest BCUT2D eigenvalue weighted by atomic mass is 19.1. The summed E-state index contributed by atoms with van der Waals surface area (Å²) in [5.41, 5.74) is 1.54. The number of aromatic nitrogens is 2. The molecule has 5 nitrogen and oxygen atoms in total. The first-order valence-corrected chi connectivity index (χ1v) is 7.96. The summed E-state index contributed by atoms with van der Waals surface area (Å²) in [5, 5.41) is 6.32. The predicted octanol–water partition coefficient (Wildman–Crippen LogP) is 4.02. The Balaban J connectivity index is 1.60. The van der Waals surface area contributed by atoms with E-state index in [-0.39, 0.29) is 5.82 Å². The van der Waals surface area contributed by atoms with Crippen LogP contribution in [0.5, 0.6) is 5.75 Å². The van der Waals surface area contributed by atoms with E-state index in [1.807, 2.05) is 30.3 Å². The molecule has 128 valence electrons. The van der Waals surface area contributed by atoms with E-state index in [4.69, 9.17) is 4.74 Å². The molecule has 0 bridgehead atoms. The van der Waals surface area contributed by atoms with Gasteiger partial charge in [-0.25, -0.2) is 9.37 Å². The van der Waals surface area contributed by atoms with Gasteiger partial charge in [-0.2, -0.15) is 4.98 Å². The van der Waals surface area contributed by atoms with Crippen molar-refractivity contribution in [3.05, 3.63) is 72.2 Å². The van der Waals surface area contributed by atoms with Crippen LogP contribution in [0, 0.1) is 5.82 Å². The number of nitrogens with zero attached hydrogens (tertiary/aromatic N) is 2. The van der Waals surface area contributed by atoms with Gasteiger partial charge >= 0.3 is 0 Å². The Labute approximate surface area is 145 Å². The van der Waals surface area contributed by atoms with Gasteiger partial charge in [0.15, 0.2) is 0 Å². The molecule has 0 spiro atoms. The maximum atomic E-state index is 13.6. The lowest BCUT2D eigenvalue weighted by Crippen LogP contribution is -2.09. The van der Waals surface area contributed by atoms with E-state index in [1.165, 1.54) is 6.07 Å². The second-order valence-electron chi connectivity index (χ2n) is 5.39. The number of halogens is 1. The number of benzene rings is 2. The summed E-state index contributed by atoms with van der Waals surface area (Å²) in [6.45, 7) is 0.545. The first kappa shape index (κ1) is 16.7. The van der Waals surface area contributed by atoms with Crippen LogP contribution < -0.4 is 15.4 Å². The molecule has 1 heterocycles. The minimum atomic E-state index is -0.196. The normalized spacial score (nSPS) is 10.3. The van der Waals surface area contributed by atoms with Crippen molar-refractivity contribution in [2.75, 3.05) is 24.3 Å². The molecule has 25 heavy (non-hydrogen) atoms. The third-order valence-electron chi connectivity index (χ3n) is 3.63. The fourth-order valence-corrected chi connectivity index (χ4v) is 2.37. The van der Waals surface area contributed by atoms with Gasteiger partial charge < -0.3 is 15.4 Å². The van der Waals surface area contributed by atoms with Gasteiger partial charge in [-0.1, -0.05) is 24.3 Å². The number of hydrogen-bond acceptors (Lipinski definition) is 5. The molecule has 1 aromatic heterocycles. The Kier molecular flexibility index (Phi) is 5.41. The first-order chi connectivity index (χ1) is 12.2. The molecule has 6 heteroatoms. The van der Waals surface area contributed by atoms with Crippen molar-refractivity contribution in [1.29, 1.82) is 0 Å². The van der Waals surface area contributed by atoms with E-state index in [2.05, 4.69) is 20.6 Å². The molecule has 0 aliphatic heterocycles. The van der Waals surface area contributed by atoms with Crippen LogP contribution in [0.15, 0.2) is 60.8 Å². The lowest BCUT2D eigenvalue weighted by Gasteiger charge is -2.09. The smallest absolute Gasteiger partial charge is 0.224 e. The molecule has 0 aliphatic rings. The summed E-state index contributed by atoms with van der Waals surface area (Å²) in [6.07, 6.45) is 2.23. The summed E-state index contributed by atoms with van der Waals surface area (Å²) < 4.78 is 18.8. The molecule has 0 saturated heterocycles. The van der Waals surface area contributed by atoms with Crippen LogP contribution in [0.1, 0.15) is 5.56 Å². The third-order valence-corrected chi connectivity index (χ3v) is 3.63. The van der Waals surface area contributed by atoms with E-state index < -0.39 is 0 Å². The Hall–Kier alpha value is -3.15. The van der Waals surface area contributed by atoms with Gasteiger partial charge in [0, 0.05) is 24.5 Å². The van der Waals surface area contributed by atoms with Crippen LogP contribution in [0.2, 0.25) is 0 Å². The minimum Gasteiger partial charge on any atom is -0.497 e. The van der Waals surface area contributed by atoms with Crippen LogP contribution >= 0.6 is 0 Å². The number of anilines is 3. The standard InChI is InChI=1S/C19H19FN4O/c1-25-16-7-4-6-15(13-16)23-18-10-12-22-19(24-18)21-11-9-14-5-2-3-8-17(14)20/h2-8,10,12-13H,9,11H2,1H3,(H2,21,22,23,24). The van der Waals surface area contributed by atoms with Crippen LogP contribution in [0.3, 0.4) is 0 Å². The number of methoxy groups -OCH3 is 1. The maximum Gasteiger partial charge on any atom is 0.224 e. The molecule has 0 atom stereocenters. The van der Waals surface area contributed by atoms with E-state index in [0.29, 0.717) is 30.3 Å². The van der Waals surface area contributed by atoms with Crippen molar-refractivity contribution in [3.63, 3.8) is 0 Å². The predicted molar refractivity (Wildman–Crippen MR) is 96.9 cm³/mol. The molecule has 3 aromatic rings. The Morgan fingerprint density at radius 2 is 1.96 bits per heavy atom. The average molecular weight is 338 g/mol. The molecule has 0 unspecified atom stereocenters. The second kappa shape index (κ2) is 8.10. The molecule has 0 aliphatic carbocycles. The lowest BCUT2D eigenvalue weighted by atomic mass is 10.1. The summed E-state index contributed by atoms with van der Waals surface area (Å²) in [4.78, 5) is 8.60. The van der Waals surface area contributed by atoms with Crippen molar-refractivity contribution in [2.45, 2.75) is 6.42 Å². The molecule has 2 aromatic carbocycles. The molecule has 0 fully saturated rings. The van der Waals surface area contributed by atoms with Crippen molar-refractivity contribution < 1.29 is 9.13 Å². The molecule has 0 saturated carbocycles. The van der Waals surface area contributed by atoms with Gasteiger partial charge in [-0.15, -0.1) is 0 Å². The second-order valence-corrected chi connectivity index (χ2v) is 5.39. The number of rotatable bonds is 7. The zero-order valence-corrected chi connectivity index (χ0v) is 13.9. The van der Waals surface area contributed by atoms with Gasteiger partial charge in [0.1, 0.15) is 17.4 Å². The van der Waals surface area contributed by atoms with Crippen LogP contribution in [0.25, 0.3) is 0 Å². The summed E-state index contributed by atoms with van der Waals surface area (Å²) in [7, 11) is 1.63. The fourth-order valence-electron chi connectivity index (χ4n) is 2.37. The van der Waals surface area contributed by atoms with Crippen molar-refractivity contribution in [2.24, 2.45) is 0 Å². The molecule has 3 rings (SSSR count). The average Bonchev–Trinajstić information content (AvgIpc) is 2.64. The molecular formula is C19H19FN4O. The first-order valence-electron chi connectivity index (χ1n) is 7.96. The van der Waals surface area contributed by atoms with Crippen LogP contribution in [0.4, 0.5) is 21.8 Å². The summed E-state index contributed by atoms with van der Waals surface area (Å²) in [5.74, 6) is 1.72. The quantitative estimate of drug-likeness (QED) is 0.681. The van der Waals surface area contributed by atoms with Gasteiger partial charge in [-0.3, -0.25) is 0 Å². The summed E-state index contributed by atoms with van der Waals surface area (Å²) >= 11 is 0. The number of nitrogens with one attached hydrogen (secondary N) is 2. The van der Waals surface area contributed by atoms with Crippen molar-refractivity contribution in [3.8, 4) is 5.75 Å². The highest BCUT2D eigenvalue weighted by molar-refractivity contribution is 5.58. The maximum absolute atomic E-state index is 13.6. The van der Waals surface area contributed by atoms with E-state index >= 15 is 0 Å². The van der Waals surface area contributed by atoms with Gasteiger partial charge in [0.05, 0.1) is 7.11 Å². The summed E-state index contributed by atoms with van der Waals surface area (Å²) in [6, 6.07) is 16.1. The zero-order chi connectivity index (χ0) is 17.5. The molecule has 0 amide bonds. The molecule has 0 radical (unpaired) electrons. The molecule has 2 N–H and O–H groups in total. The van der Waals surface area contributed by atoms with E-state index in [0.717, 1.165) is 11.4 Å². The lowest BCUT2D eigenvalue weighted by molar-refractivity contribution is 0.415. The zero-order valence-electron chi connectivity index (χ0n) is 13.9. The number of ether oxygens (including phenoxy) is 1. The van der Waals surface area contributed by atoms with E-state index in [9.17, 15) is 4.39 Å². The molecular weight excluding hydrogens is 319 g/mol. The third kappa shape index (κ3) is 4.67. The van der Waals surface area contributed by atoms with Gasteiger partial charge in [0.25, 0.3) is 0 Å². The van der Waals surface area contributed by atoms with Crippen LogP contribution in [-0.2, 0) is 6.42 Å². The van der Waals surface area contributed by atoms with Crippen molar-refractivity contribution >= 4 is 17.5 Å². The SMILES string of the molecule is COc1cccc(Nc2ccnc(NCCc3ccccc3F)n2)c1. The largest absolute Gasteiger partial charge is 0.497 e. The van der Waals surface area contributed by atoms with Gasteiger partial charge in [0.2, 0.25) is 5.95 Å². The van der Waals surface area contributed by atoms with Crippen molar-refractivity contribution in [1.82, 2.24) is 9.97 Å². The van der Waals surface area contributed by atoms with Gasteiger partial charge in [-0.05, 0) is 36.2 Å². The Morgan fingerprint density at radius 3 is 2.80 bits per heavy atom. The topological polar surface area (TPSA) is 59.1 Å². The van der Waals surface area contributed by atoms with E-state index in [1.54, 1.807) is 31.5 Å². The monoisotopic (exact) mass is 338 g/mol. The Bertz CT molecular complexity index is 841. The number of hydrogen-bond donors (Lipinski definition) is 2. The highest BCUT2D eigenvalue weighted by Crippen LogP contribution is 2.20. The minimum absolute atomic E-state index is 0.196. The van der Waals surface area contributed by atoms with Crippen LogP contribution in [-0.4, -0.2) is 23.6 Å². The Morgan fingerprint density at radius 1 is 1.08 bits per heavy atom. The fraction of sp³-hybridized carbons (Fsp3) is 0.158. The highest BCUT2D eigenvalue weighted by Gasteiger charge is 2.03.